The van der Waals surface area contributed by atoms with Crippen LogP contribution in [0.5, 0.6) is 0 Å². The van der Waals surface area contributed by atoms with Gasteiger partial charge in [-0.05, 0) is 25.0 Å². The second-order valence-corrected chi connectivity index (χ2v) is 7.14. The molecule has 0 radical (unpaired) electrons. The zero-order valence-electron chi connectivity index (χ0n) is 15.9. The Morgan fingerprint density at radius 1 is 1.19 bits per heavy atom. The zero-order valence-corrected chi connectivity index (χ0v) is 15.9. The van der Waals surface area contributed by atoms with Gasteiger partial charge in [-0.2, -0.15) is 9.61 Å². The van der Waals surface area contributed by atoms with E-state index in [0.717, 1.165) is 22.9 Å². The minimum atomic E-state index is -0.123. The molecule has 4 rings (SSSR count). The number of hydrogen-bond donors (Lipinski definition) is 1. The molecular formula is C20H22N6O. The number of rotatable bonds is 4. The maximum Gasteiger partial charge on any atom is 0.258 e. The van der Waals surface area contributed by atoms with Gasteiger partial charge in [-0.1, -0.05) is 26.0 Å². The predicted octanol–water partition coefficient (Wildman–Crippen LogP) is 3.03. The lowest BCUT2D eigenvalue weighted by Crippen LogP contribution is -2.24. The number of hydrogen-bond acceptors (Lipinski definition) is 5. The smallest absolute Gasteiger partial charge is 0.258 e. The topological polar surface area (TPSA) is 79.2 Å². The molecule has 3 aromatic heterocycles. The monoisotopic (exact) mass is 362 g/mol. The van der Waals surface area contributed by atoms with E-state index in [-0.39, 0.29) is 5.56 Å². The maximum atomic E-state index is 12.3. The first kappa shape index (κ1) is 17.2. The Morgan fingerprint density at radius 3 is 2.74 bits per heavy atom. The van der Waals surface area contributed by atoms with Crippen molar-refractivity contribution in [3.05, 3.63) is 64.0 Å². The van der Waals surface area contributed by atoms with Crippen LogP contribution in [0.3, 0.4) is 0 Å². The fourth-order valence-corrected chi connectivity index (χ4v) is 3.18. The summed E-state index contributed by atoms with van der Waals surface area (Å²) in [7, 11) is 1.96. The van der Waals surface area contributed by atoms with E-state index < -0.39 is 0 Å². The average molecular weight is 362 g/mol. The first-order valence-corrected chi connectivity index (χ1v) is 8.99. The molecule has 0 spiro atoms. The Hall–Kier alpha value is -3.22. The molecular weight excluding hydrogens is 340 g/mol. The third kappa shape index (κ3) is 3.16. The summed E-state index contributed by atoms with van der Waals surface area (Å²) in [6.07, 6.45) is 0. The molecule has 0 amide bonds. The normalized spacial score (nSPS) is 11.6. The van der Waals surface area contributed by atoms with Crippen LogP contribution in [0.15, 0.2) is 41.2 Å². The van der Waals surface area contributed by atoms with Crippen LogP contribution in [0.2, 0.25) is 0 Å². The molecule has 0 bridgehead atoms. The first-order valence-electron chi connectivity index (χ1n) is 8.99. The molecule has 4 aromatic rings. The standard InChI is InChI=1S/C20H22N6O/c1-12(2)16-10-19(26-18(22-16)9-13(3)24-26)25(4)11-17-21-15-8-6-5-7-14(15)20(27)23-17/h5-10,12H,11H2,1-4H3,(H,21,23,27). The summed E-state index contributed by atoms with van der Waals surface area (Å²) in [5, 5.41) is 5.16. The van der Waals surface area contributed by atoms with E-state index in [2.05, 4.69) is 28.9 Å². The van der Waals surface area contributed by atoms with Crippen LogP contribution in [-0.2, 0) is 6.54 Å². The van der Waals surface area contributed by atoms with Gasteiger partial charge in [0.25, 0.3) is 5.56 Å². The van der Waals surface area contributed by atoms with Gasteiger partial charge in [-0.25, -0.2) is 9.97 Å². The van der Waals surface area contributed by atoms with E-state index in [9.17, 15) is 4.79 Å². The molecule has 1 aromatic carbocycles. The Kier molecular flexibility index (Phi) is 4.14. The van der Waals surface area contributed by atoms with Crippen molar-refractivity contribution in [2.24, 2.45) is 0 Å². The Balaban J connectivity index is 1.77. The molecule has 0 saturated carbocycles. The maximum absolute atomic E-state index is 12.3. The van der Waals surface area contributed by atoms with E-state index in [0.29, 0.717) is 29.2 Å². The van der Waals surface area contributed by atoms with Gasteiger partial charge < -0.3 is 9.88 Å². The number of aromatic amines is 1. The highest BCUT2D eigenvalue weighted by Crippen LogP contribution is 2.22. The summed E-state index contributed by atoms with van der Waals surface area (Å²) in [5.41, 5.74) is 3.31. The largest absolute Gasteiger partial charge is 0.352 e. The van der Waals surface area contributed by atoms with E-state index in [4.69, 9.17) is 4.98 Å². The van der Waals surface area contributed by atoms with Crippen molar-refractivity contribution in [2.75, 3.05) is 11.9 Å². The predicted molar refractivity (Wildman–Crippen MR) is 106 cm³/mol. The minimum Gasteiger partial charge on any atom is -0.352 e. The second kappa shape index (κ2) is 6.50. The lowest BCUT2D eigenvalue weighted by molar-refractivity contribution is 0.766. The number of para-hydroxylation sites is 1. The second-order valence-electron chi connectivity index (χ2n) is 7.14. The van der Waals surface area contributed by atoms with Crippen LogP contribution >= 0.6 is 0 Å². The van der Waals surface area contributed by atoms with Crippen LogP contribution in [0, 0.1) is 6.92 Å². The number of aryl methyl sites for hydroxylation is 1. The number of anilines is 1. The first-order chi connectivity index (χ1) is 12.9. The number of benzene rings is 1. The Bertz CT molecular complexity index is 1190. The minimum absolute atomic E-state index is 0.123. The van der Waals surface area contributed by atoms with Crippen molar-refractivity contribution in [1.82, 2.24) is 24.6 Å². The van der Waals surface area contributed by atoms with E-state index in [1.54, 1.807) is 6.07 Å². The van der Waals surface area contributed by atoms with Crippen LogP contribution in [0.4, 0.5) is 5.82 Å². The fourth-order valence-electron chi connectivity index (χ4n) is 3.18. The lowest BCUT2D eigenvalue weighted by Gasteiger charge is -2.21. The van der Waals surface area contributed by atoms with E-state index in [1.165, 1.54) is 0 Å². The van der Waals surface area contributed by atoms with Gasteiger partial charge >= 0.3 is 0 Å². The Morgan fingerprint density at radius 2 is 1.96 bits per heavy atom. The molecule has 7 heteroatoms. The molecule has 27 heavy (non-hydrogen) atoms. The number of fused-ring (bicyclic) bond motifs is 2. The third-order valence-corrected chi connectivity index (χ3v) is 4.58. The number of nitrogens with zero attached hydrogens (tertiary/aromatic N) is 5. The molecule has 3 heterocycles. The number of aromatic nitrogens is 5. The lowest BCUT2D eigenvalue weighted by atomic mass is 10.1. The molecule has 0 unspecified atom stereocenters. The van der Waals surface area contributed by atoms with Crippen LogP contribution in [0.25, 0.3) is 16.6 Å². The van der Waals surface area contributed by atoms with Gasteiger partial charge in [0.05, 0.1) is 23.1 Å². The van der Waals surface area contributed by atoms with E-state index >= 15 is 0 Å². The molecule has 7 nitrogen and oxygen atoms in total. The summed E-state index contributed by atoms with van der Waals surface area (Å²) in [5.74, 6) is 1.82. The van der Waals surface area contributed by atoms with Crippen molar-refractivity contribution in [3.8, 4) is 0 Å². The molecule has 0 aliphatic heterocycles. The van der Waals surface area contributed by atoms with Gasteiger partial charge in [0, 0.05) is 24.9 Å². The van der Waals surface area contributed by atoms with Crippen LogP contribution in [0.1, 0.15) is 37.0 Å². The van der Waals surface area contributed by atoms with Crippen LogP contribution in [-0.4, -0.2) is 31.6 Å². The molecule has 138 valence electrons. The molecule has 0 fully saturated rings. The molecule has 0 atom stereocenters. The summed E-state index contributed by atoms with van der Waals surface area (Å²) < 4.78 is 1.83. The highest BCUT2D eigenvalue weighted by molar-refractivity contribution is 5.77. The Labute approximate surface area is 156 Å². The van der Waals surface area contributed by atoms with Gasteiger partial charge in [0.2, 0.25) is 0 Å². The average Bonchev–Trinajstić information content (AvgIpc) is 3.00. The molecule has 1 N–H and O–H groups in total. The van der Waals surface area contributed by atoms with Gasteiger partial charge in [0.15, 0.2) is 5.65 Å². The quantitative estimate of drug-likeness (QED) is 0.604. The molecule has 0 saturated heterocycles. The zero-order chi connectivity index (χ0) is 19.1. The summed E-state index contributed by atoms with van der Waals surface area (Å²) in [4.78, 5) is 26.6. The van der Waals surface area contributed by atoms with Crippen molar-refractivity contribution in [2.45, 2.75) is 33.2 Å². The number of nitrogens with one attached hydrogen (secondary N) is 1. The van der Waals surface area contributed by atoms with Crippen molar-refractivity contribution in [1.29, 1.82) is 0 Å². The van der Waals surface area contributed by atoms with Crippen molar-refractivity contribution < 1.29 is 0 Å². The summed E-state index contributed by atoms with van der Waals surface area (Å²) in [6, 6.07) is 11.4. The van der Waals surface area contributed by atoms with Gasteiger partial charge in [-0.15, -0.1) is 0 Å². The summed E-state index contributed by atoms with van der Waals surface area (Å²) in [6.45, 7) is 6.65. The van der Waals surface area contributed by atoms with Crippen molar-refractivity contribution >= 4 is 22.4 Å². The molecule has 0 aliphatic rings. The van der Waals surface area contributed by atoms with Crippen LogP contribution < -0.4 is 10.5 Å². The number of H-pyrrole nitrogens is 1. The van der Waals surface area contributed by atoms with Gasteiger partial charge in [0.1, 0.15) is 11.6 Å². The molecule has 0 aliphatic carbocycles. The van der Waals surface area contributed by atoms with Crippen molar-refractivity contribution in [3.63, 3.8) is 0 Å². The highest BCUT2D eigenvalue weighted by Gasteiger charge is 2.15. The fraction of sp³-hybridized carbons (Fsp3) is 0.300. The summed E-state index contributed by atoms with van der Waals surface area (Å²) >= 11 is 0. The van der Waals surface area contributed by atoms with Gasteiger partial charge in [-0.3, -0.25) is 4.79 Å². The highest BCUT2D eigenvalue weighted by atomic mass is 16.1. The SMILES string of the molecule is Cc1cc2nc(C(C)C)cc(N(C)Cc3nc4ccccc4c(=O)[nH]3)n2n1. The van der Waals surface area contributed by atoms with E-state index in [1.807, 2.05) is 53.7 Å². The third-order valence-electron chi connectivity index (χ3n) is 4.58.